The molecule has 2 aliphatic rings. The number of likely N-dealkylation sites (tertiary alicyclic amines) is 1. The third-order valence-electron chi connectivity index (χ3n) is 6.70. The lowest BCUT2D eigenvalue weighted by Gasteiger charge is -2.40. The minimum atomic E-state index is -0.114. The third kappa shape index (κ3) is 5.95. The van der Waals surface area contributed by atoms with Crippen molar-refractivity contribution in [2.75, 3.05) is 46.3 Å². The maximum Gasteiger partial charge on any atom is 0.254 e. The molecule has 2 saturated heterocycles. The summed E-state index contributed by atoms with van der Waals surface area (Å²) in [5.41, 5.74) is 1.70. The Morgan fingerprint density at radius 3 is 2.48 bits per heavy atom. The Morgan fingerprint density at radius 1 is 1.00 bits per heavy atom. The summed E-state index contributed by atoms with van der Waals surface area (Å²) in [6.45, 7) is 6.40. The molecule has 0 unspecified atom stereocenters. The van der Waals surface area contributed by atoms with E-state index < -0.39 is 0 Å². The third-order valence-corrected chi connectivity index (χ3v) is 7.20. The second-order valence-corrected chi connectivity index (χ2v) is 10.0. The monoisotopic (exact) mass is 513 g/mol. The number of piperazine rings is 1. The number of benzene rings is 2. The van der Waals surface area contributed by atoms with E-state index in [9.17, 15) is 9.59 Å². The van der Waals surface area contributed by atoms with E-state index in [2.05, 4.69) is 27.9 Å². The molecule has 0 aromatic heterocycles. The number of likely N-dealkylation sites (N-methyl/N-ethyl adjacent to an activating group) is 1. The van der Waals surface area contributed by atoms with E-state index in [4.69, 9.17) is 4.74 Å². The largest absolute Gasteiger partial charge is 0.490 e. The van der Waals surface area contributed by atoms with Gasteiger partial charge >= 0.3 is 0 Å². The van der Waals surface area contributed by atoms with Crippen molar-refractivity contribution in [1.29, 1.82) is 0 Å². The molecule has 2 aromatic rings. The molecule has 33 heavy (non-hydrogen) atoms. The number of piperidine rings is 1. The normalized spacial score (nSPS) is 21.7. The second kappa shape index (κ2) is 10.7. The van der Waals surface area contributed by atoms with Crippen LogP contribution in [0.3, 0.4) is 0 Å². The highest BCUT2D eigenvalue weighted by Crippen LogP contribution is 2.29. The summed E-state index contributed by atoms with van der Waals surface area (Å²) in [7, 11) is 2.08. The van der Waals surface area contributed by atoms with Crippen LogP contribution in [0.2, 0.25) is 0 Å². The molecule has 2 aliphatic heterocycles. The topological polar surface area (TPSA) is 53.1 Å². The van der Waals surface area contributed by atoms with Crippen molar-refractivity contribution in [3.05, 3.63) is 64.1 Å². The first-order valence-corrected chi connectivity index (χ1v) is 12.4. The van der Waals surface area contributed by atoms with Gasteiger partial charge in [-0.1, -0.05) is 40.2 Å². The van der Waals surface area contributed by atoms with Crippen molar-refractivity contribution < 1.29 is 14.3 Å². The van der Waals surface area contributed by atoms with Gasteiger partial charge in [0.1, 0.15) is 11.9 Å². The summed E-state index contributed by atoms with van der Waals surface area (Å²) in [4.78, 5) is 32.5. The van der Waals surface area contributed by atoms with Crippen LogP contribution in [0, 0.1) is 12.8 Å². The molecule has 0 saturated carbocycles. The molecule has 176 valence electrons. The molecule has 0 spiro atoms. The molecular formula is C26H32BrN3O3. The van der Waals surface area contributed by atoms with Crippen LogP contribution in [0.25, 0.3) is 0 Å². The van der Waals surface area contributed by atoms with Crippen LogP contribution < -0.4 is 4.74 Å². The molecule has 6 nitrogen and oxygen atoms in total. The van der Waals surface area contributed by atoms with Crippen LogP contribution in [0.5, 0.6) is 5.75 Å². The number of amides is 2. The fraction of sp³-hybridized carbons (Fsp3) is 0.462. The van der Waals surface area contributed by atoms with Gasteiger partial charge in [0.25, 0.3) is 5.91 Å². The molecule has 2 atom stereocenters. The van der Waals surface area contributed by atoms with Crippen molar-refractivity contribution in [3.8, 4) is 5.75 Å². The molecule has 2 amide bonds. The standard InChI is InChI=1S/C26H32BrN3O3/c1-19-6-3-4-9-23(19)26(32)30-11-10-24(33-22-8-5-7-21(27)17-22)20(18-30)16-25(31)29-14-12-28(2)13-15-29/h3-9,17,20,24H,10-16,18H2,1-2H3/t20-,24-/m0/s1. The van der Waals surface area contributed by atoms with Crippen LogP contribution in [0.15, 0.2) is 53.0 Å². The van der Waals surface area contributed by atoms with Crippen LogP contribution in [0.1, 0.15) is 28.8 Å². The van der Waals surface area contributed by atoms with E-state index in [0.717, 1.165) is 47.5 Å². The first-order valence-electron chi connectivity index (χ1n) is 11.6. The van der Waals surface area contributed by atoms with Crippen LogP contribution in [-0.4, -0.2) is 78.9 Å². The molecular weight excluding hydrogens is 482 g/mol. The Morgan fingerprint density at radius 2 is 1.76 bits per heavy atom. The maximum absolute atomic E-state index is 13.3. The molecule has 2 heterocycles. The smallest absolute Gasteiger partial charge is 0.254 e. The average molecular weight is 514 g/mol. The molecule has 0 radical (unpaired) electrons. The van der Waals surface area contributed by atoms with Crippen molar-refractivity contribution in [3.63, 3.8) is 0 Å². The van der Waals surface area contributed by atoms with Crippen molar-refractivity contribution in [2.45, 2.75) is 25.9 Å². The summed E-state index contributed by atoms with van der Waals surface area (Å²) < 4.78 is 7.32. The Kier molecular flexibility index (Phi) is 7.71. The summed E-state index contributed by atoms with van der Waals surface area (Å²) in [5.74, 6) is 0.912. The van der Waals surface area contributed by atoms with Crippen molar-refractivity contribution in [1.82, 2.24) is 14.7 Å². The fourth-order valence-electron chi connectivity index (χ4n) is 4.65. The van der Waals surface area contributed by atoms with Gasteiger partial charge in [-0.2, -0.15) is 0 Å². The molecule has 7 heteroatoms. The van der Waals surface area contributed by atoms with Crippen molar-refractivity contribution in [2.24, 2.45) is 5.92 Å². The predicted molar refractivity (Wildman–Crippen MR) is 132 cm³/mol. The second-order valence-electron chi connectivity index (χ2n) is 9.12. The Bertz CT molecular complexity index is 990. The molecule has 2 fully saturated rings. The molecule has 2 aromatic carbocycles. The minimum absolute atomic E-state index is 0.0334. The highest BCUT2D eigenvalue weighted by Gasteiger charge is 2.36. The zero-order valence-electron chi connectivity index (χ0n) is 19.4. The number of rotatable bonds is 5. The quantitative estimate of drug-likeness (QED) is 0.609. The zero-order valence-corrected chi connectivity index (χ0v) is 21.0. The van der Waals surface area contributed by atoms with E-state index in [-0.39, 0.29) is 23.8 Å². The number of nitrogens with zero attached hydrogens (tertiary/aromatic N) is 3. The van der Waals surface area contributed by atoms with Gasteiger partial charge < -0.3 is 19.4 Å². The summed E-state index contributed by atoms with van der Waals surface area (Å²) >= 11 is 3.50. The first-order chi connectivity index (χ1) is 15.9. The summed E-state index contributed by atoms with van der Waals surface area (Å²) in [5, 5.41) is 0. The van der Waals surface area contributed by atoms with E-state index >= 15 is 0 Å². The van der Waals surface area contributed by atoms with E-state index in [0.29, 0.717) is 25.9 Å². The number of hydrogen-bond donors (Lipinski definition) is 0. The predicted octanol–water partition coefficient (Wildman–Crippen LogP) is 3.83. The Balaban J connectivity index is 1.50. The Hall–Kier alpha value is -2.38. The van der Waals surface area contributed by atoms with Crippen LogP contribution in [-0.2, 0) is 4.79 Å². The number of carbonyl (C=O) groups is 2. The van der Waals surface area contributed by atoms with E-state index in [1.165, 1.54) is 0 Å². The number of aryl methyl sites for hydroxylation is 1. The Labute approximate surface area is 204 Å². The lowest BCUT2D eigenvalue weighted by Crippen LogP contribution is -2.51. The van der Waals surface area contributed by atoms with Gasteiger partial charge in [-0.25, -0.2) is 0 Å². The fourth-order valence-corrected chi connectivity index (χ4v) is 5.03. The van der Waals surface area contributed by atoms with Gasteiger partial charge in [0.15, 0.2) is 0 Å². The van der Waals surface area contributed by atoms with Crippen molar-refractivity contribution >= 4 is 27.7 Å². The summed E-state index contributed by atoms with van der Waals surface area (Å²) in [6, 6.07) is 15.5. The number of hydrogen-bond acceptors (Lipinski definition) is 4. The van der Waals surface area contributed by atoms with Crippen LogP contribution >= 0.6 is 15.9 Å². The lowest BCUT2D eigenvalue weighted by atomic mass is 9.90. The number of ether oxygens (including phenoxy) is 1. The van der Waals surface area contributed by atoms with Gasteiger partial charge in [-0.15, -0.1) is 0 Å². The van der Waals surface area contributed by atoms with Gasteiger partial charge in [0, 0.05) is 68.1 Å². The summed E-state index contributed by atoms with van der Waals surface area (Å²) in [6.07, 6.45) is 0.974. The SMILES string of the molecule is Cc1ccccc1C(=O)N1CC[C@H](Oc2cccc(Br)c2)[C@@H](CC(=O)N2CCN(C)CC2)C1. The minimum Gasteiger partial charge on any atom is -0.490 e. The van der Waals surface area contributed by atoms with Crippen LogP contribution in [0.4, 0.5) is 0 Å². The highest BCUT2D eigenvalue weighted by molar-refractivity contribution is 9.10. The van der Waals surface area contributed by atoms with E-state index in [1.807, 2.05) is 65.3 Å². The highest BCUT2D eigenvalue weighted by atomic mass is 79.9. The molecule has 0 N–H and O–H groups in total. The molecule has 4 rings (SSSR count). The number of halogens is 1. The zero-order chi connectivity index (χ0) is 23.4. The molecule has 0 aliphatic carbocycles. The lowest BCUT2D eigenvalue weighted by molar-refractivity contribution is -0.135. The number of carbonyl (C=O) groups excluding carboxylic acids is 2. The van der Waals surface area contributed by atoms with Gasteiger partial charge in [0.05, 0.1) is 0 Å². The average Bonchev–Trinajstić information content (AvgIpc) is 2.80. The van der Waals surface area contributed by atoms with E-state index in [1.54, 1.807) is 0 Å². The maximum atomic E-state index is 13.3. The van der Waals surface area contributed by atoms with Gasteiger partial charge in [-0.05, 0) is 43.8 Å². The van der Waals surface area contributed by atoms with Gasteiger partial charge in [-0.3, -0.25) is 9.59 Å². The first kappa shape index (κ1) is 23.8. The van der Waals surface area contributed by atoms with Gasteiger partial charge in [0.2, 0.25) is 5.91 Å². The molecule has 0 bridgehead atoms.